The van der Waals surface area contributed by atoms with Crippen molar-refractivity contribution < 1.29 is 8.78 Å². The fourth-order valence-electron chi connectivity index (χ4n) is 1.97. The highest BCUT2D eigenvalue weighted by molar-refractivity contribution is 7.09. The average molecular weight is 282 g/mol. The molecule has 2 rings (SSSR count). The largest absolute Gasteiger partial charge is 0.310 e. The number of nitrogens with zero attached hydrogens (tertiary/aromatic N) is 1. The third-order valence-electron chi connectivity index (χ3n) is 2.93. The van der Waals surface area contributed by atoms with Gasteiger partial charge in [0, 0.05) is 30.0 Å². The van der Waals surface area contributed by atoms with Crippen molar-refractivity contribution in [3.05, 3.63) is 51.5 Å². The number of thiazole rings is 1. The van der Waals surface area contributed by atoms with Gasteiger partial charge in [-0.3, -0.25) is 0 Å². The summed E-state index contributed by atoms with van der Waals surface area (Å²) in [6, 6.07) is 3.57. The molecule has 1 aromatic carbocycles. The first kappa shape index (κ1) is 14.1. The molecule has 1 atom stereocenters. The molecule has 2 aromatic rings. The van der Waals surface area contributed by atoms with E-state index in [0.29, 0.717) is 6.54 Å². The predicted octanol–water partition coefficient (Wildman–Crippen LogP) is 3.62. The van der Waals surface area contributed by atoms with Crippen LogP contribution in [0, 0.1) is 18.6 Å². The van der Waals surface area contributed by atoms with E-state index in [4.69, 9.17) is 0 Å². The molecule has 102 valence electrons. The molecule has 19 heavy (non-hydrogen) atoms. The first-order chi connectivity index (χ1) is 9.08. The summed E-state index contributed by atoms with van der Waals surface area (Å²) >= 11 is 1.61. The highest BCUT2D eigenvalue weighted by Gasteiger charge is 2.15. The van der Waals surface area contributed by atoms with E-state index in [1.165, 1.54) is 18.2 Å². The molecule has 0 saturated heterocycles. The van der Waals surface area contributed by atoms with E-state index in [9.17, 15) is 8.78 Å². The van der Waals surface area contributed by atoms with Gasteiger partial charge in [-0.1, -0.05) is 6.07 Å². The smallest absolute Gasteiger partial charge is 0.130 e. The van der Waals surface area contributed by atoms with Crippen molar-refractivity contribution in [1.29, 1.82) is 0 Å². The molecule has 1 aromatic heterocycles. The molecule has 1 unspecified atom stereocenters. The fraction of sp³-hybridized carbons (Fsp3) is 0.357. The number of rotatable bonds is 5. The van der Waals surface area contributed by atoms with Crippen LogP contribution in [0.2, 0.25) is 0 Å². The Morgan fingerprint density at radius 3 is 2.58 bits per heavy atom. The van der Waals surface area contributed by atoms with Crippen LogP contribution in [-0.4, -0.2) is 11.5 Å². The molecule has 1 heterocycles. The van der Waals surface area contributed by atoms with Gasteiger partial charge >= 0.3 is 0 Å². The molecule has 0 spiro atoms. The van der Waals surface area contributed by atoms with Gasteiger partial charge in [0.25, 0.3) is 0 Å². The van der Waals surface area contributed by atoms with Gasteiger partial charge in [0.1, 0.15) is 11.6 Å². The van der Waals surface area contributed by atoms with Crippen LogP contribution >= 0.6 is 11.3 Å². The van der Waals surface area contributed by atoms with Crippen LogP contribution in [0.5, 0.6) is 0 Å². The highest BCUT2D eigenvalue weighted by atomic mass is 32.1. The molecular weight excluding hydrogens is 266 g/mol. The molecule has 1 N–H and O–H groups in total. The Morgan fingerprint density at radius 1 is 1.32 bits per heavy atom. The van der Waals surface area contributed by atoms with Crippen molar-refractivity contribution in [2.75, 3.05) is 6.54 Å². The van der Waals surface area contributed by atoms with Crippen molar-refractivity contribution in [3.63, 3.8) is 0 Å². The molecule has 5 heteroatoms. The maximum atomic E-state index is 13.6. The zero-order valence-electron chi connectivity index (χ0n) is 10.9. The molecule has 0 saturated carbocycles. The second-order valence-electron chi connectivity index (χ2n) is 4.42. The van der Waals surface area contributed by atoms with Crippen LogP contribution < -0.4 is 5.32 Å². The zero-order chi connectivity index (χ0) is 13.8. The summed E-state index contributed by atoms with van der Waals surface area (Å²) in [6.45, 7) is 4.35. The summed E-state index contributed by atoms with van der Waals surface area (Å²) in [4.78, 5) is 4.35. The Hall–Kier alpha value is -1.33. The van der Waals surface area contributed by atoms with Crippen molar-refractivity contribution >= 4 is 11.3 Å². The lowest BCUT2D eigenvalue weighted by atomic mass is 10.1. The van der Waals surface area contributed by atoms with Gasteiger partial charge in [-0.15, -0.1) is 11.3 Å². The minimum Gasteiger partial charge on any atom is -0.310 e. The number of aromatic nitrogens is 1. The van der Waals surface area contributed by atoms with E-state index in [1.54, 1.807) is 18.3 Å². The summed E-state index contributed by atoms with van der Waals surface area (Å²) in [7, 11) is 0. The minimum absolute atomic E-state index is 0.0944. The molecule has 2 nitrogen and oxygen atoms in total. The Labute approximate surface area is 115 Å². The topological polar surface area (TPSA) is 24.9 Å². The minimum atomic E-state index is -0.510. The van der Waals surface area contributed by atoms with Crippen LogP contribution in [0.4, 0.5) is 8.78 Å². The van der Waals surface area contributed by atoms with Gasteiger partial charge in [0.05, 0.1) is 10.7 Å². The summed E-state index contributed by atoms with van der Waals surface area (Å²) in [6.07, 6.45) is 0.755. The third kappa shape index (κ3) is 3.58. The standard InChI is InChI=1S/C14H16F2N2S/c1-9(14-12(15)4-3-5-13(14)16)17-7-6-11-8-19-10(2)18-11/h3-5,8-9,17H,6-7H2,1-2H3. The predicted molar refractivity (Wildman–Crippen MR) is 73.3 cm³/mol. The number of halogens is 2. The lowest BCUT2D eigenvalue weighted by Crippen LogP contribution is -2.23. The molecule has 0 aliphatic rings. The van der Waals surface area contributed by atoms with Crippen LogP contribution in [0.25, 0.3) is 0 Å². The van der Waals surface area contributed by atoms with Gasteiger partial charge < -0.3 is 5.32 Å². The van der Waals surface area contributed by atoms with E-state index in [0.717, 1.165) is 17.1 Å². The zero-order valence-corrected chi connectivity index (χ0v) is 11.7. The SMILES string of the molecule is Cc1nc(CCNC(C)c2c(F)cccc2F)cs1. The number of benzene rings is 1. The van der Waals surface area contributed by atoms with Crippen LogP contribution in [0.1, 0.15) is 29.2 Å². The van der Waals surface area contributed by atoms with E-state index in [-0.39, 0.29) is 11.6 Å². The Kier molecular flexibility index (Phi) is 4.61. The Bertz CT molecular complexity index is 534. The van der Waals surface area contributed by atoms with Crippen molar-refractivity contribution in [3.8, 4) is 0 Å². The van der Waals surface area contributed by atoms with Crippen molar-refractivity contribution in [2.45, 2.75) is 26.3 Å². The second-order valence-corrected chi connectivity index (χ2v) is 5.48. The van der Waals surface area contributed by atoms with Gasteiger partial charge in [-0.2, -0.15) is 0 Å². The second kappa shape index (κ2) is 6.21. The normalized spacial score (nSPS) is 12.6. The van der Waals surface area contributed by atoms with Crippen LogP contribution in [-0.2, 0) is 6.42 Å². The lowest BCUT2D eigenvalue weighted by Gasteiger charge is -2.15. The van der Waals surface area contributed by atoms with Gasteiger partial charge in [-0.05, 0) is 26.0 Å². The van der Waals surface area contributed by atoms with E-state index in [1.807, 2.05) is 12.3 Å². The molecule has 0 aliphatic heterocycles. The fourth-order valence-corrected chi connectivity index (χ4v) is 2.61. The first-order valence-electron chi connectivity index (χ1n) is 6.16. The number of nitrogens with one attached hydrogen (secondary N) is 1. The lowest BCUT2D eigenvalue weighted by molar-refractivity contribution is 0.489. The maximum Gasteiger partial charge on any atom is 0.130 e. The summed E-state index contributed by atoms with van der Waals surface area (Å²) in [5.41, 5.74) is 1.10. The van der Waals surface area contributed by atoms with E-state index < -0.39 is 11.6 Å². The first-order valence-corrected chi connectivity index (χ1v) is 7.04. The van der Waals surface area contributed by atoms with Gasteiger partial charge in [0.15, 0.2) is 0 Å². The summed E-state index contributed by atoms with van der Waals surface area (Å²) < 4.78 is 27.1. The summed E-state index contributed by atoms with van der Waals surface area (Å²) in [5, 5.41) is 6.16. The third-order valence-corrected chi connectivity index (χ3v) is 3.75. The van der Waals surface area contributed by atoms with Gasteiger partial charge in [-0.25, -0.2) is 13.8 Å². The monoisotopic (exact) mass is 282 g/mol. The van der Waals surface area contributed by atoms with Crippen molar-refractivity contribution in [1.82, 2.24) is 10.3 Å². The number of hydrogen-bond acceptors (Lipinski definition) is 3. The number of hydrogen-bond donors (Lipinski definition) is 1. The molecular formula is C14H16F2N2S. The van der Waals surface area contributed by atoms with Crippen LogP contribution in [0.15, 0.2) is 23.6 Å². The highest BCUT2D eigenvalue weighted by Crippen LogP contribution is 2.20. The summed E-state index contributed by atoms with van der Waals surface area (Å²) in [5.74, 6) is -1.02. The number of aryl methyl sites for hydroxylation is 1. The maximum absolute atomic E-state index is 13.6. The molecule has 0 bridgehead atoms. The molecule has 0 fully saturated rings. The molecule has 0 radical (unpaired) electrons. The van der Waals surface area contributed by atoms with E-state index in [2.05, 4.69) is 10.3 Å². The average Bonchev–Trinajstić information content (AvgIpc) is 2.75. The molecule has 0 amide bonds. The van der Waals surface area contributed by atoms with E-state index >= 15 is 0 Å². The molecule has 0 aliphatic carbocycles. The van der Waals surface area contributed by atoms with Crippen molar-refractivity contribution in [2.24, 2.45) is 0 Å². The van der Waals surface area contributed by atoms with Crippen LogP contribution in [0.3, 0.4) is 0 Å². The van der Waals surface area contributed by atoms with Gasteiger partial charge in [0.2, 0.25) is 0 Å². The quantitative estimate of drug-likeness (QED) is 0.906. The Balaban J connectivity index is 1.92. The Morgan fingerprint density at radius 2 is 2.00 bits per heavy atom.